The van der Waals surface area contributed by atoms with Gasteiger partial charge in [0.25, 0.3) is 0 Å². The molecule has 0 aliphatic rings. The summed E-state index contributed by atoms with van der Waals surface area (Å²) in [6.45, 7) is 7.43. The molecule has 0 aliphatic heterocycles. The van der Waals surface area contributed by atoms with Crippen molar-refractivity contribution in [1.29, 1.82) is 0 Å². The van der Waals surface area contributed by atoms with Crippen LogP contribution in [0.5, 0.6) is 0 Å². The van der Waals surface area contributed by atoms with Gasteiger partial charge in [-0.1, -0.05) is 189 Å². The Kier molecular flexibility index (Phi) is 44.0. The second-order valence-electron chi connectivity index (χ2n) is 14.9. The largest absolute Gasteiger partial charge is 0.462 e. The summed E-state index contributed by atoms with van der Waals surface area (Å²) in [6, 6.07) is 0. The van der Waals surface area contributed by atoms with Crippen LogP contribution in [0.1, 0.15) is 201 Å². The van der Waals surface area contributed by atoms with E-state index >= 15 is 0 Å². The molecule has 0 N–H and O–H groups in total. The zero-order valence-electron chi connectivity index (χ0n) is 36.6. The summed E-state index contributed by atoms with van der Waals surface area (Å²) in [7, 11) is 0. The molecule has 1 unspecified atom stereocenters. The first kappa shape index (κ1) is 53.1. The molecule has 0 rings (SSSR count). The smallest absolute Gasteiger partial charge is 0.306 e. The lowest BCUT2D eigenvalue weighted by Crippen LogP contribution is -2.30. The normalized spacial score (nSPS) is 13.0. The third kappa shape index (κ3) is 43.8. The first-order chi connectivity index (χ1) is 27.6. The zero-order chi connectivity index (χ0) is 40.7. The lowest BCUT2D eigenvalue weighted by atomic mass is 10.1. The third-order valence-corrected chi connectivity index (χ3v) is 9.43. The van der Waals surface area contributed by atoms with Gasteiger partial charge < -0.3 is 14.2 Å². The Hall–Kier alpha value is -2.92. The molecule has 0 amide bonds. The molecule has 5 nitrogen and oxygen atoms in total. The van der Waals surface area contributed by atoms with Gasteiger partial charge in [-0.2, -0.15) is 0 Å². The van der Waals surface area contributed by atoms with Gasteiger partial charge in [-0.15, -0.1) is 0 Å². The highest BCUT2D eigenvalue weighted by Crippen LogP contribution is 2.13. The Labute approximate surface area is 346 Å². The Bertz CT molecular complexity index is 1060. The van der Waals surface area contributed by atoms with E-state index in [1.165, 1.54) is 64.2 Å². The van der Waals surface area contributed by atoms with Crippen molar-refractivity contribution in [3.63, 3.8) is 0 Å². The minimum Gasteiger partial charge on any atom is -0.462 e. The summed E-state index contributed by atoms with van der Waals surface area (Å²) < 4.78 is 17.2. The summed E-state index contributed by atoms with van der Waals surface area (Å²) in [6.07, 6.45) is 60.2. The Balaban J connectivity index is 4.30. The maximum absolute atomic E-state index is 12.7. The van der Waals surface area contributed by atoms with Gasteiger partial charge in [0.2, 0.25) is 0 Å². The van der Waals surface area contributed by atoms with Gasteiger partial charge in [0.05, 0.1) is 6.61 Å². The van der Waals surface area contributed by atoms with Gasteiger partial charge in [0, 0.05) is 19.4 Å². The van der Waals surface area contributed by atoms with Crippen LogP contribution in [0.2, 0.25) is 0 Å². The van der Waals surface area contributed by atoms with Crippen LogP contribution in [0.25, 0.3) is 0 Å². The fourth-order valence-corrected chi connectivity index (χ4v) is 6.06. The fraction of sp³-hybridized carbons (Fsp3) is 0.686. The summed E-state index contributed by atoms with van der Waals surface area (Å²) in [4.78, 5) is 25.2. The van der Waals surface area contributed by atoms with E-state index in [-0.39, 0.29) is 25.2 Å². The summed E-state index contributed by atoms with van der Waals surface area (Å²) in [5.41, 5.74) is 0. The number of hydrogen-bond donors (Lipinski definition) is 0. The molecule has 0 aliphatic carbocycles. The molecule has 0 radical (unpaired) electrons. The Morgan fingerprint density at radius 1 is 0.411 bits per heavy atom. The highest BCUT2D eigenvalue weighted by molar-refractivity contribution is 5.70. The number of hydrogen-bond acceptors (Lipinski definition) is 5. The number of rotatable bonds is 41. The number of unbranched alkanes of at least 4 members (excludes halogenated alkanes) is 16. The number of ether oxygens (including phenoxy) is 3. The number of carbonyl (C=O) groups excluding carboxylic acids is 2. The predicted molar refractivity (Wildman–Crippen MR) is 242 cm³/mol. The molecule has 0 heterocycles. The van der Waals surface area contributed by atoms with Crippen LogP contribution in [0.15, 0.2) is 85.1 Å². The SMILES string of the molecule is CC/C=C\C/C=C\C/C=C\C/C=C\CCCOCC(COC(=O)CCCCCCCCC/C=C\C/C=C\C/C=C\CC)OC(=O)CCCCCCCCCCC. The zero-order valence-corrected chi connectivity index (χ0v) is 36.6. The molecule has 56 heavy (non-hydrogen) atoms. The molecule has 0 spiro atoms. The number of esters is 2. The van der Waals surface area contributed by atoms with Crippen molar-refractivity contribution in [2.75, 3.05) is 19.8 Å². The van der Waals surface area contributed by atoms with Crippen molar-refractivity contribution in [3.05, 3.63) is 85.1 Å². The molecule has 0 bridgehead atoms. The highest BCUT2D eigenvalue weighted by Gasteiger charge is 2.17. The van der Waals surface area contributed by atoms with Crippen molar-refractivity contribution in [3.8, 4) is 0 Å². The number of allylic oxidation sites excluding steroid dienone is 14. The van der Waals surface area contributed by atoms with Crippen molar-refractivity contribution < 1.29 is 23.8 Å². The highest BCUT2D eigenvalue weighted by atomic mass is 16.6. The second-order valence-corrected chi connectivity index (χ2v) is 14.9. The maximum Gasteiger partial charge on any atom is 0.306 e. The second kappa shape index (κ2) is 46.5. The van der Waals surface area contributed by atoms with Gasteiger partial charge in [0.15, 0.2) is 6.10 Å². The van der Waals surface area contributed by atoms with Crippen LogP contribution in [0.3, 0.4) is 0 Å². The van der Waals surface area contributed by atoms with Crippen LogP contribution < -0.4 is 0 Å². The Morgan fingerprint density at radius 2 is 0.804 bits per heavy atom. The first-order valence-electron chi connectivity index (χ1n) is 23.1. The maximum atomic E-state index is 12.7. The predicted octanol–water partition coefficient (Wildman–Crippen LogP) is 15.3. The standard InChI is InChI=1S/C51H86O5/c1-4-7-10-13-16-19-21-23-25-26-27-28-30-33-35-38-41-44-50(52)55-48-49(56-51(53)45-42-39-36-32-18-15-12-9-6-3)47-54-46-43-40-37-34-31-29-24-22-20-17-14-11-8-5-2/h7-8,10-11,16-17,19-20,23-25,29,34,37,49H,4-6,9,12-15,18,21-22,26-28,30-33,35-36,38-48H2,1-3H3/b10-7-,11-8-,19-16-,20-17-,25-23-,29-24-,37-34-. The van der Waals surface area contributed by atoms with Crippen molar-refractivity contribution in [1.82, 2.24) is 0 Å². The quantitative estimate of drug-likeness (QED) is 0.0351. The van der Waals surface area contributed by atoms with E-state index in [0.717, 1.165) is 103 Å². The topological polar surface area (TPSA) is 61.8 Å². The van der Waals surface area contributed by atoms with Crippen LogP contribution in [-0.4, -0.2) is 37.9 Å². The fourth-order valence-electron chi connectivity index (χ4n) is 6.06. The van der Waals surface area contributed by atoms with Crippen molar-refractivity contribution >= 4 is 11.9 Å². The van der Waals surface area contributed by atoms with Crippen molar-refractivity contribution in [2.24, 2.45) is 0 Å². The average molecular weight is 779 g/mol. The van der Waals surface area contributed by atoms with Gasteiger partial charge in [-0.3, -0.25) is 9.59 Å². The summed E-state index contributed by atoms with van der Waals surface area (Å²) in [5, 5.41) is 0. The van der Waals surface area contributed by atoms with Gasteiger partial charge in [-0.05, 0) is 83.5 Å². The molecule has 0 aromatic rings. The summed E-state index contributed by atoms with van der Waals surface area (Å²) in [5.74, 6) is -0.444. The molecule has 1 atom stereocenters. The van der Waals surface area contributed by atoms with Crippen molar-refractivity contribution in [2.45, 2.75) is 207 Å². The van der Waals surface area contributed by atoms with E-state index in [1.54, 1.807) is 0 Å². The molecule has 0 aromatic heterocycles. The molecule has 0 saturated carbocycles. The van der Waals surface area contributed by atoms with E-state index in [0.29, 0.717) is 19.4 Å². The first-order valence-corrected chi connectivity index (χ1v) is 23.1. The van der Waals surface area contributed by atoms with Gasteiger partial charge >= 0.3 is 11.9 Å². The Morgan fingerprint density at radius 3 is 1.29 bits per heavy atom. The van der Waals surface area contributed by atoms with E-state index in [4.69, 9.17) is 14.2 Å². The van der Waals surface area contributed by atoms with Crippen LogP contribution in [0.4, 0.5) is 0 Å². The average Bonchev–Trinajstić information content (AvgIpc) is 3.20. The van der Waals surface area contributed by atoms with Gasteiger partial charge in [-0.25, -0.2) is 0 Å². The van der Waals surface area contributed by atoms with Crippen LogP contribution >= 0.6 is 0 Å². The van der Waals surface area contributed by atoms with Crippen LogP contribution in [0, 0.1) is 0 Å². The van der Waals surface area contributed by atoms with E-state index in [2.05, 4.69) is 106 Å². The molecule has 0 saturated heterocycles. The lowest BCUT2D eigenvalue weighted by Gasteiger charge is -2.18. The molecule has 320 valence electrons. The summed E-state index contributed by atoms with van der Waals surface area (Å²) >= 11 is 0. The lowest BCUT2D eigenvalue weighted by molar-refractivity contribution is -0.163. The van der Waals surface area contributed by atoms with Crippen LogP contribution in [-0.2, 0) is 23.8 Å². The molecule has 0 aromatic carbocycles. The van der Waals surface area contributed by atoms with Gasteiger partial charge in [0.1, 0.15) is 6.61 Å². The molecule has 5 heteroatoms. The minimum absolute atomic E-state index is 0.0558. The molecule has 0 fully saturated rings. The van der Waals surface area contributed by atoms with E-state index in [9.17, 15) is 9.59 Å². The van der Waals surface area contributed by atoms with E-state index in [1.807, 2.05) is 0 Å². The third-order valence-electron chi connectivity index (χ3n) is 9.43. The minimum atomic E-state index is -0.568. The number of carbonyl (C=O) groups is 2. The molecular weight excluding hydrogens is 693 g/mol. The van der Waals surface area contributed by atoms with E-state index < -0.39 is 6.10 Å². The monoisotopic (exact) mass is 779 g/mol. The molecular formula is C51H86O5.